The fraction of sp³-hybridized carbons (Fsp3) is 0.393. The van der Waals surface area contributed by atoms with Crippen LogP contribution < -0.4 is 20.5 Å². The van der Waals surface area contributed by atoms with Crippen LogP contribution in [0.15, 0.2) is 59.4 Å². The van der Waals surface area contributed by atoms with Crippen LogP contribution in [0.2, 0.25) is 0 Å². The Labute approximate surface area is 230 Å². The minimum atomic E-state index is -0.491. The first kappa shape index (κ1) is 27.0. The van der Waals surface area contributed by atoms with E-state index in [0.29, 0.717) is 37.6 Å². The van der Waals surface area contributed by atoms with Gasteiger partial charge < -0.3 is 24.6 Å². The van der Waals surface area contributed by atoms with Crippen LogP contribution in [0.1, 0.15) is 28.5 Å². The molecule has 2 N–H and O–H groups in total. The summed E-state index contributed by atoms with van der Waals surface area (Å²) in [5, 5.41) is 6.92. The Morgan fingerprint density at radius 2 is 1.82 bits per heavy atom. The number of aryl methyl sites for hydroxylation is 1. The molecule has 2 aliphatic rings. The molecule has 210 valence electrons. The predicted molar refractivity (Wildman–Crippen MR) is 144 cm³/mol. The number of fused-ring (bicyclic) bond motifs is 4. The van der Waals surface area contributed by atoms with Gasteiger partial charge in [0.1, 0.15) is 11.5 Å². The molecule has 3 amide bonds. The third-order valence-corrected chi connectivity index (χ3v) is 7.18. The molecule has 2 aliphatic heterocycles. The SMILES string of the molecule is Cn1nc(C(=O)N2CCCOc3cccc(c3)[C@H]3CN(C(=O)COc4ccccc4)C[C@@H]3C(=O)NCC2)[nH]c1=O. The lowest BCUT2D eigenvalue weighted by atomic mass is 9.88. The number of amides is 3. The summed E-state index contributed by atoms with van der Waals surface area (Å²) in [7, 11) is 1.46. The Morgan fingerprint density at radius 3 is 2.60 bits per heavy atom. The molecule has 1 fully saturated rings. The third kappa shape index (κ3) is 6.16. The Hall–Kier alpha value is -4.61. The van der Waals surface area contributed by atoms with E-state index in [0.717, 1.165) is 10.2 Å². The Balaban J connectivity index is 1.32. The third-order valence-electron chi connectivity index (χ3n) is 7.18. The van der Waals surface area contributed by atoms with Crippen molar-refractivity contribution in [3.05, 3.63) is 76.5 Å². The second-order valence-corrected chi connectivity index (χ2v) is 9.87. The van der Waals surface area contributed by atoms with E-state index in [-0.39, 0.29) is 49.8 Å². The Bertz CT molecular complexity index is 1420. The quantitative estimate of drug-likeness (QED) is 0.491. The number of para-hydroxylation sites is 1. The number of carbonyl (C=O) groups is 3. The van der Waals surface area contributed by atoms with Gasteiger partial charge in [-0.2, -0.15) is 0 Å². The van der Waals surface area contributed by atoms with Crippen LogP contribution in [-0.4, -0.2) is 88.2 Å². The van der Waals surface area contributed by atoms with E-state index in [1.165, 1.54) is 11.9 Å². The summed E-state index contributed by atoms with van der Waals surface area (Å²) in [6, 6.07) is 16.7. The van der Waals surface area contributed by atoms with Crippen LogP contribution in [-0.2, 0) is 16.6 Å². The van der Waals surface area contributed by atoms with E-state index in [2.05, 4.69) is 15.4 Å². The molecule has 0 saturated carbocycles. The lowest BCUT2D eigenvalue weighted by Gasteiger charge is -2.24. The largest absolute Gasteiger partial charge is 0.494 e. The molecule has 0 aliphatic carbocycles. The number of aromatic nitrogens is 3. The summed E-state index contributed by atoms with van der Waals surface area (Å²) < 4.78 is 12.7. The number of carbonyl (C=O) groups excluding carboxylic acids is 3. The predicted octanol–water partition coefficient (Wildman–Crippen LogP) is 0.771. The number of benzene rings is 2. The number of likely N-dealkylation sites (tertiary alicyclic amines) is 1. The van der Waals surface area contributed by atoms with E-state index < -0.39 is 17.5 Å². The molecular formula is C28H32N6O6. The molecular weight excluding hydrogens is 516 g/mol. The van der Waals surface area contributed by atoms with Crippen molar-refractivity contribution in [1.82, 2.24) is 29.9 Å². The molecule has 12 nitrogen and oxygen atoms in total. The molecule has 0 unspecified atom stereocenters. The molecule has 2 bridgehead atoms. The van der Waals surface area contributed by atoms with Crippen molar-refractivity contribution < 1.29 is 23.9 Å². The van der Waals surface area contributed by atoms with Crippen molar-refractivity contribution in [2.75, 3.05) is 45.9 Å². The lowest BCUT2D eigenvalue weighted by Crippen LogP contribution is -2.42. The summed E-state index contributed by atoms with van der Waals surface area (Å²) in [4.78, 5) is 57.0. The summed E-state index contributed by atoms with van der Waals surface area (Å²) in [5.74, 6) is -0.366. The molecule has 12 heteroatoms. The molecule has 0 spiro atoms. The fourth-order valence-corrected chi connectivity index (χ4v) is 5.05. The van der Waals surface area contributed by atoms with Crippen LogP contribution in [0, 0.1) is 5.92 Å². The van der Waals surface area contributed by atoms with Crippen molar-refractivity contribution in [1.29, 1.82) is 0 Å². The zero-order chi connectivity index (χ0) is 28.1. The van der Waals surface area contributed by atoms with E-state index >= 15 is 0 Å². The maximum atomic E-state index is 13.4. The minimum absolute atomic E-state index is 0.0590. The number of hydrogen-bond acceptors (Lipinski definition) is 7. The highest BCUT2D eigenvalue weighted by Gasteiger charge is 2.40. The van der Waals surface area contributed by atoms with Gasteiger partial charge in [0.25, 0.3) is 11.8 Å². The molecule has 3 aromatic rings. The van der Waals surface area contributed by atoms with Crippen molar-refractivity contribution in [2.45, 2.75) is 12.3 Å². The summed E-state index contributed by atoms with van der Waals surface area (Å²) in [5.41, 5.74) is 0.437. The van der Waals surface area contributed by atoms with Crippen LogP contribution in [0.5, 0.6) is 11.5 Å². The van der Waals surface area contributed by atoms with E-state index in [1.54, 1.807) is 17.0 Å². The van der Waals surface area contributed by atoms with Gasteiger partial charge in [0.05, 0.1) is 12.5 Å². The molecule has 1 saturated heterocycles. The number of nitrogens with zero attached hydrogens (tertiary/aromatic N) is 4. The van der Waals surface area contributed by atoms with Gasteiger partial charge in [-0.1, -0.05) is 30.3 Å². The monoisotopic (exact) mass is 548 g/mol. The highest BCUT2D eigenvalue weighted by molar-refractivity contribution is 5.90. The number of H-pyrrole nitrogens is 1. The van der Waals surface area contributed by atoms with Gasteiger partial charge in [-0.25, -0.2) is 9.48 Å². The molecule has 2 atom stereocenters. The first-order valence-electron chi connectivity index (χ1n) is 13.3. The molecule has 5 rings (SSSR count). The fourth-order valence-electron chi connectivity index (χ4n) is 5.05. The lowest BCUT2D eigenvalue weighted by molar-refractivity contribution is -0.132. The van der Waals surface area contributed by atoms with E-state index in [4.69, 9.17) is 9.47 Å². The van der Waals surface area contributed by atoms with Gasteiger partial charge >= 0.3 is 5.69 Å². The van der Waals surface area contributed by atoms with Gasteiger partial charge in [-0.3, -0.25) is 19.4 Å². The molecule has 1 aromatic heterocycles. The zero-order valence-electron chi connectivity index (χ0n) is 22.2. The standard InChI is InChI=1S/C28H32N6O6/c1-32-28(38)30-25(31-32)27(37)33-12-6-14-39-21-10-5-7-19(15-21)22-16-34(17-23(22)26(36)29-11-13-33)24(35)18-40-20-8-3-2-4-9-20/h2-5,7-10,15,22-23H,6,11-14,16-18H2,1H3,(H,29,36)(H,30,31,38)/t22-,23+/m1/s1. The average molecular weight is 549 g/mol. The molecule has 2 aromatic carbocycles. The second kappa shape index (κ2) is 12.1. The first-order valence-corrected chi connectivity index (χ1v) is 13.3. The Morgan fingerprint density at radius 1 is 1.02 bits per heavy atom. The van der Waals surface area contributed by atoms with Gasteiger partial charge in [0.2, 0.25) is 11.7 Å². The minimum Gasteiger partial charge on any atom is -0.494 e. The van der Waals surface area contributed by atoms with E-state index in [9.17, 15) is 19.2 Å². The van der Waals surface area contributed by atoms with Gasteiger partial charge in [0, 0.05) is 45.7 Å². The maximum Gasteiger partial charge on any atom is 0.343 e. The topological polar surface area (TPSA) is 139 Å². The summed E-state index contributed by atoms with van der Waals surface area (Å²) >= 11 is 0. The van der Waals surface area contributed by atoms with Crippen molar-refractivity contribution in [3.63, 3.8) is 0 Å². The molecule has 40 heavy (non-hydrogen) atoms. The Kier molecular flexibility index (Phi) is 8.13. The first-order chi connectivity index (χ1) is 19.4. The highest BCUT2D eigenvalue weighted by Crippen LogP contribution is 2.34. The van der Waals surface area contributed by atoms with Crippen molar-refractivity contribution >= 4 is 17.7 Å². The number of aromatic amines is 1. The van der Waals surface area contributed by atoms with Crippen molar-refractivity contribution in [3.8, 4) is 11.5 Å². The zero-order valence-corrected chi connectivity index (χ0v) is 22.2. The molecule has 0 radical (unpaired) electrons. The molecule has 3 heterocycles. The maximum absolute atomic E-state index is 13.4. The summed E-state index contributed by atoms with van der Waals surface area (Å²) in [6.07, 6.45) is 0.538. The van der Waals surface area contributed by atoms with Gasteiger partial charge in [-0.15, -0.1) is 5.10 Å². The van der Waals surface area contributed by atoms with Crippen LogP contribution >= 0.6 is 0 Å². The highest BCUT2D eigenvalue weighted by atomic mass is 16.5. The van der Waals surface area contributed by atoms with Gasteiger partial charge in [-0.05, 0) is 36.2 Å². The van der Waals surface area contributed by atoms with Crippen LogP contribution in [0.3, 0.4) is 0 Å². The normalized spacial score (nSPS) is 19.7. The second-order valence-electron chi connectivity index (χ2n) is 9.87. The smallest absolute Gasteiger partial charge is 0.343 e. The number of ether oxygens (including phenoxy) is 2. The van der Waals surface area contributed by atoms with Crippen LogP contribution in [0.4, 0.5) is 0 Å². The number of nitrogens with one attached hydrogen (secondary N) is 2. The van der Waals surface area contributed by atoms with Crippen LogP contribution in [0.25, 0.3) is 0 Å². The average Bonchev–Trinajstić information content (AvgIpc) is 3.56. The number of hydrogen-bond donors (Lipinski definition) is 2. The van der Waals surface area contributed by atoms with Gasteiger partial charge in [0.15, 0.2) is 6.61 Å². The number of rotatable bonds is 4. The van der Waals surface area contributed by atoms with Crippen molar-refractivity contribution in [2.24, 2.45) is 13.0 Å². The summed E-state index contributed by atoms with van der Waals surface area (Å²) in [6.45, 7) is 1.64. The van der Waals surface area contributed by atoms with E-state index in [1.807, 2.05) is 42.5 Å².